The molecule has 0 N–H and O–H groups in total. The molecule has 0 aliphatic carbocycles. The molecule has 0 aliphatic heterocycles. The molecule has 3 aromatic heterocycles. The van der Waals surface area contributed by atoms with Gasteiger partial charge in [0.15, 0.2) is 11.6 Å². The van der Waals surface area contributed by atoms with Crippen LogP contribution >= 0.6 is 11.3 Å². The predicted molar refractivity (Wildman–Crippen MR) is 228 cm³/mol. The second kappa shape index (κ2) is 12.3. The molecule has 0 aliphatic rings. The predicted octanol–water partition coefficient (Wildman–Crippen LogP) is 13.3. The van der Waals surface area contributed by atoms with Crippen LogP contribution < -0.4 is 0 Å². The van der Waals surface area contributed by atoms with E-state index in [1.54, 1.807) is 0 Å². The van der Waals surface area contributed by atoms with Crippen molar-refractivity contribution in [3.05, 3.63) is 182 Å². The van der Waals surface area contributed by atoms with Crippen LogP contribution in [0.1, 0.15) is 0 Å². The Balaban J connectivity index is 1.38. The fraction of sp³-hybridized carbons (Fsp3) is 0. The Kier molecular flexibility index (Phi) is 7.00. The van der Waals surface area contributed by atoms with E-state index in [2.05, 4.69) is 150 Å². The lowest BCUT2D eigenvalue weighted by Crippen LogP contribution is -2.06. The molecule has 8 aromatic carbocycles. The fourth-order valence-corrected chi connectivity index (χ4v) is 9.12. The molecular weight excluding hydrogens is 677 g/mol. The molecule has 11 aromatic rings. The van der Waals surface area contributed by atoms with Gasteiger partial charge in [0.2, 0.25) is 5.95 Å². The van der Waals surface area contributed by atoms with E-state index < -0.39 is 0 Å². The summed E-state index contributed by atoms with van der Waals surface area (Å²) in [7, 11) is 0. The van der Waals surface area contributed by atoms with Crippen molar-refractivity contribution >= 4 is 85.6 Å². The summed E-state index contributed by atoms with van der Waals surface area (Å²) in [6, 6.07) is 64.7. The minimum atomic E-state index is 0.580. The van der Waals surface area contributed by atoms with Crippen molar-refractivity contribution in [2.24, 2.45) is 0 Å². The molecule has 0 spiro atoms. The van der Waals surface area contributed by atoms with Crippen LogP contribution in [0.5, 0.6) is 0 Å². The Morgan fingerprint density at radius 3 is 1.50 bits per heavy atom. The van der Waals surface area contributed by atoms with Gasteiger partial charge in [0.05, 0.1) is 11.0 Å². The third-order valence-electron chi connectivity index (χ3n) is 10.5. The third kappa shape index (κ3) is 4.86. The Morgan fingerprint density at radius 1 is 0.352 bits per heavy atom. The molecule has 0 unspecified atom stereocenters. The van der Waals surface area contributed by atoms with E-state index in [1.165, 1.54) is 57.9 Å². The van der Waals surface area contributed by atoms with Gasteiger partial charge < -0.3 is 0 Å². The van der Waals surface area contributed by atoms with Crippen molar-refractivity contribution in [2.45, 2.75) is 0 Å². The number of aromatic nitrogens is 4. The highest BCUT2D eigenvalue weighted by atomic mass is 32.1. The molecule has 5 heteroatoms. The van der Waals surface area contributed by atoms with E-state index in [4.69, 9.17) is 15.0 Å². The maximum absolute atomic E-state index is 5.26. The van der Waals surface area contributed by atoms with E-state index >= 15 is 0 Å². The molecular formula is C49H30N4S. The first-order chi connectivity index (χ1) is 26.8. The van der Waals surface area contributed by atoms with E-state index in [9.17, 15) is 0 Å². The van der Waals surface area contributed by atoms with Gasteiger partial charge in [0.25, 0.3) is 0 Å². The quantitative estimate of drug-likeness (QED) is 0.184. The molecule has 0 amide bonds. The first-order valence-electron chi connectivity index (χ1n) is 18.1. The summed E-state index contributed by atoms with van der Waals surface area (Å²) in [6.07, 6.45) is 0. The highest BCUT2D eigenvalue weighted by Crippen LogP contribution is 2.42. The van der Waals surface area contributed by atoms with E-state index in [-0.39, 0.29) is 0 Å². The average Bonchev–Trinajstić information content (AvgIpc) is 3.59. The van der Waals surface area contributed by atoms with E-state index in [1.807, 2.05) is 47.7 Å². The standard InChI is InChI=1S/C49H30N4S/c1-3-16-32(17-4-1)47-50-48(33-18-5-2-6-19-33)52-49(51-47)53-42-28-27-31-15-7-8-20-34(31)46(42)41-29-39-36-22-10-9-21-35(36)37-23-11-13-25-44(37)54-45-26-14-12-24-38(45)40(39)30-43(41)53/h1-30H. The summed E-state index contributed by atoms with van der Waals surface area (Å²) in [5.74, 6) is 1.84. The van der Waals surface area contributed by atoms with Crippen LogP contribution in [0, 0.1) is 0 Å². The smallest absolute Gasteiger partial charge is 0.238 e. The maximum atomic E-state index is 5.26. The van der Waals surface area contributed by atoms with Gasteiger partial charge in [-0.1, -0.05) is 152 Å². The summed E-state index contributed by atoms with van der Waals surface area (Å²) in [5, 5.41) is 11.9. The minimum absolute atomic E-state index is 0.580. The maximum Gasteiger partial charge on any atom is 0.238 e. The summed E-state index contributed by atoms with van der Waals surface area (Å²) >= 11 is 1.83. The zero-order chi connectivity index (χ0) is 35.6. The fourth-order valence-electron chi connectivity index (χ4n) is 8.02. The van der Waals surface area contributed by atoms with Gasteiger partial charge in [0.1, 0.15) is 0 Å². The lowest BCUT2D eigenvalue weighted by Gasteiger charge is -2.11. The van der Waals surface area contributed by atoms with Crippen molar-refractivity contribution in [3.8, 4) is 28.7 Å². The number of rotatable bonds is 3. The van der Waals surface area contributed by atoms with Crippen LogP contribution in [0.25, 0.3) is 103 Å². The van der Waals surface area contributed by atoms with Crippen LogP contribution in [0.2, 0.25) is 0 Å². The van der Waals surface area contributed by atoms with Crippen LogP contribution in [0.15, 0.2) is 182 Å². The lowest BCUT2D eigenvalue weighted by molar-refractivity contribution is 0.954. The van der Waals surface area contributed by atoms with Gasteiger partial charge in [0, 0.05) is 31.3 Å². The van der Waals surface area contributed by atoms with Crippen molar-refractivity contribution in [2.75, 3.05) is 0 Å². The second-order valence-electron chi connectivity index (χ2n) is 13.6. The third-order valence-corrected chi connectivity index (χ3v) is 11.6. The van der Waals surface area contributed by atoms with Crippen molar-refractivity contribution < 1.29 is 0 Å². The summed E-state index contributed by atoms with van der Waals surface area (Å²) in [6.45, 7) is 0. The SMILES string of the molecule is c1ccc(-c2nc(-c3ccccc3)nc(-n3c4cc5c6ccccc6sc6ccccc6c6ccccc6c5cc4c4c5ccccc5ccc43)n2)cc1. The molecule has 3 heterocycles. The molecule has 0 radical (unpaired) electrons. The Bertz CT molecular complexity index is 3270. The Morgan fingerprint density at radius 2 is 0.852 bits per heavy atom. The first-order valence-corrected chi connectivity index (χ1v) is 18.9. The minimum Gasteiger partial charge on any atom is -0.278 e. The monoisotopic (exact) mass is 706 g/mol. The molecule has 252 valence electrons. The molecule has 0 saturated carbocycles. The van der Waals surface area contributed by atoms with Gasteiger partial charge in [-0.25, -0.2) is 4.98 Å². The molecule has 54 heavy (non-hydrogen) atoms. The molecule has 0 fully saturated rings. The van der Waals surface area contributed by atoms with Crippen LogP contribution in [-0.4, -0.2) is 19.5 Å². The van der Waals surface area contributed by atoms with E-state index in [0.717, 1.165) is 27.5 Å². The van der Waals surface area contributed by atoms with Crippen LogP contribution in [0.4, 0.5) is 0 Å². The Labute approximate surface area is 314 Å². The summed E-state index contributed by atoms with van der Waals surface area (Å²) in [4.78, 5) is 15.5. The largest absolute Gasteiger partial charge is 0.278 e. The van der Waals surface area contributed by atoms with Gasteiger partial charge >= 0.3 is 0 Å². The lowest BCUT2D eigenvalue weighted by atomic mass is 9.98. The van der Waals surface area contributed by atoms with Gasteiger partial charge in [-0.05, 0) is 73.4 Å². The second-order valence-corrected chi connectivity index (χ2v) is 14.7. The molecule has 11 rings (SSSR count). The van der Waals surface area contributed by atoms with Crippen LogP contribution in [-0.2, 0) is 0 Å². The summed E-state index contributed by atoms with van der Waals surface area (Å²) < 4.78 is 4.70. The molecule has 0 bridgehead atoms. The zero-order valence-electron chi connectivity index (χ0n) is 29.0. The number of hydrogen-bond acceptors (Lipinski definition) is 4. The number of benzene rings is 8. The van der Waals surface area contributed by atoms with Crippen molar-refractivity contribution in [3.63, 3.8) is 0 Å². The van der Waals surface area contributed by atoms with E-state index in [0.29, 0.717) is 17.6 Å². The normalized spacial score (nSPS) is 11.7. The molecule has 4 nitrogen and oxygen atoms in total. The average molecular weight is 707 g/mol. The van der Waals surface area contributed by atoms with Crippen molar-refractivity contribution in [1.82, 2.24) is 19.5 Å². The Hall–Kier alpha value is -6.95. The topological polar surface area (TPSA) is 43.6 Å². The van der Waals surface area contributed by atoms with Gasteiger partial charge in [-0.2, -0.15) is 9.97 Å². The number of fused-ring (bicyclic) bond motifs is 12. The van der Waals surface area contributed by atoms with Gasteiger partial charge in [-0.15, -0.1) is 11.3 Å². The summed E-state index contributed by atoms with van der Waals surface area (Å²) in [5.41, 5.74) is 3.96. The first kappa shape index (κ1) is 30.7. The number of hydrogen-bond donors (Lipinski definition) is 0. The molecule has 0 atom stereocenters. The zero-order valence-corrected chi connectivity index (χ0v) is 29.8. The molecule has 0 saturated heterocycles. The van der Waals surface area contributed by atoms with Gasteiger partial charge in [-0.3, -0.25) is 4.57 Å². The number of nitrogens with zero attached hydrogens (tertiary/aromatic N) is 4. The van der Waals surface area contributed by atoms with Crippen LogP contribution in [0.3, 0.4) is 0 Å². The highest BCUT2D eigenvalue weighted by Gasteiger charge is 2.21. The highest BCUT2D eigenvalue weighted by molar-refractivity contribution is 7.24. The van der Waals surface area contributed by atoms with Crippen molar-refractivity contribution in [1.29, 1.82) is 0 Å².